The summed E-state index contributed by atoms with van der Waals surface area (Å²) in [7, 11) is 1.15. The third-order valence-corrected chi connectivity index (χ3v) is 10.4. The van der Waals surface area contributed by atoms with Gasteiger partial charge in [0.15, 0.2) is 6.10 Å². The Morgan fingerprint density at radius 2 is 0.944 bits per heavy atom. The van der Waals surface area contributed by atoms with Crippen molar-refractivity contribution in [1.29, 1.82) is 0 Å². The zero-order chi connectivity index (χ0) is 40.0. The molecule has 0 saturated carbocycles. The molecule has 0 aromatic heterocycles. The number of esters is 2. The van der Waals surface area contributed by atoms with Crippen LogP contribution in [0.2, 0.25) is 0 Å². The lowest BCUT2D eigenvalue weighted by Crippen LogP contribution is -2.37. The van der Waals surface area contributed by atoms with Crippen LogP contribution in [0.5, 0.6) is 0 Å². The van der Waals surface area contributed by atoms with E-state index in [2.05, 4.69) is 38.2 Å². The lowest BCUT2D eigenvalue weighted by molar-refractivity contribution is -0.870. The van der Waals surface area contributed by atoms with Crippen molar-refractivity contribution in [2.75, 3.05) is 47.5 Å². The third kappa shape index (κ3) is 40.2. The van der Waals surface area contributed by atoms with E-state index in [4.69, 9.17) is 18.5 Å². The highest BCUT2D eigenvalue weighted by Gasteiger charge is 2.21. The minimum absolute atomic E-state index is 0.0337. The van der Waals surface area contributed by atoms with Crippen molar-refractivity contribution in [3.63, 3.8) is 0 Å². The largest absolute Gasteiger partial charge is 0.756 e. The van der Waals surface area contributed by atoms with Gasteiger partial charge in [0, 0.05) is 12.8 Å². The smallest absolute Gasteiger partial charge is 0.306 e. The van der Waals surface area contributed by atoms with Crippen LogP contribution in [0.4, 0.5) is 0 Å². The first-order valence-corrected chi connectivity index (χ1v) is 23.5. The SMILES string of the molecule is CCCCCCCC/C=C/CCCCCCCC(=O)OC[C@H](COP(=O)([O-])OCC[N+](C)(C)C)OC(=O)CCCCC/C=C/CCCCCCCCCC. The number of phosphoric acid groups is 1. The van der Waals surface area contributed by atoms with Crippen molar-refractivity contribution in [2.24, 2.45) is 0 Å². The molecule has 0 rings (SSSR count). The van der Waals surface area contributed by atoms with Gasteiger partial charge >= 0.3 is 11.9 Å². The Labute approximate surface area is 332 Å². The van der Waals surface area contributed by atoms with Crippen LogP contribution in [-0.4, -0.2) is 70.0 Å². The van der Waals surface area contributed by atoms with E-state index in [-0.39, 0.29) is 26.1 Å². The highest BCUT2D eigenvalue weighted by molar-refractivity contribution is 7.45. The van der Waals surface area contributed by atoms with Crippen molar-refractivity contribution >= 4 is 19.8 Å². The summed E-state index contributed by atoms with van der Waals surface area (Å²) in [5.74, 6) is -0.859. The van der Waals surface area contributed by atoms with E-state index in [0.717, 1.165) is 64.2 Å². The van der Waals surface area contributed by atoms with Gasteiger partial charge in [0.25, 0.3) is 7.82 Å². The molecule has 0 heterocycles. The van der Waals surface area contributed by atoms with Crippen LogP contribution in [0.3, 0.4) is 0 Å². The number of phosphoric ester groups is 1. The first kappa shape index (κ1) is 52.5. The van der Waals surface area contributed by atoms with E-state index in [9.17, 15) is 19.0 Å². The highest BCUT2D eigenvalue weighted by Crippen LogP contribution is 2.38. The zero-order valence-electron chi connectivity index (χ0n) is 35.7. The van der Waals surface area contributed by atoms with Gasteiger partial charge in [-0.1, -0.05) is 141 Å². The molecule has 0 aliphatic heterocycles. The summed E-state index contributed by atoms with van der Waals surface area (Å²) in [5, 5.41) is 0. The first-order chi connectivity index (χ1) is 26.0. The fourth-order valence-electron chi connectivity index (χ4n) is 5.94. The lowest BCUT2D eigenvalue weighted by atomic mass is 10.1. The number of hydrogen-bond donors (Lipinski definition) is 0. The number of unbranched alkanes of at least 4 members (excludes halogenated alkanes) is 22. The van der Waals surface area contributed by atoms with Crippen LogP contribution in [0.1, 0.15) is 194 Å². The van der Waals surface area contributed by atoms with Gasteiger partial charge in [-0.15, -0.1) is 0 Å². The number of nitrogens with zero attached hydrogens (tertiary/aromatic N) is 1. The van der Waals surface area contributed by atoms with E-state index in [1.807, 2.05) is 21.1 Å². The molecule has 0 aliphatic carbocycles. The second-order valence-electron chi connectivity index (χ2n) is 16.1. The molecule has 10 heteroatoms. The van der Waals surface area contributed by atoms with E-state index in [1.165, 1.54) is 96.3 Å². The number of carbonyl (C=O) groups excluding carboxylic acids is 2. The van der Waals surface area contributed by atoms with E-state index in [0.29, 0.717) is 17.4 Å². The van der Waals surface area contributed by atoms with Gasteiger partial charge in [-0.3, -0.25) is 14.2 Å². The fraction of sp³-hybridized carbons (Fsp3) is 0.864. The summed E-state index contributed by atoms with van der Waals surface area (Å²) in [6, 6.07) is 0. The number of quaternary nitrogens is 1. The number of likely N-dealkylation sites (N-methyl/N-ethyl adjacent to an activating group) is 1. The number of carbonyl (C=O) groups is 2. The minimum atomic E-state index is -4.63. The highest BCUT2D eigenvalue weighted by atomic mass is 31.2. The molecular weight excluding hydrogens is 701 g/mol. The van der Waals surface area contributed by atoms with Gasteiger partial charge in [-0.25, -0.2) is 0 Å². The second-order valence-corrected chi connectivity index (χ2v) is 17.5. The Balaban J connectivity index is 4.39. The fourth-order valence-corrected chi connectivity index (χ4v) is 6.67. The summed E-state index contributed by atoms with van der Waals surface area (Å²) in [6.45, 7) is 4.20. The lowest BCUT2D eigenvalue weighted by Gasteiger charge is -2.28. The summed E-state index contributed by atoms with van der Waals surface area (Å²) in [4.78, 5) is 37.5. The molecule has 54 heavy (non-hydrogen) atoms. The monoisotopic (exact) mass is 786 g/mol. The second kappa shape index (κ2) is 37.1. The van der Waals surface area contributed by atoms with Crippen LogP contribution in [0.25, 0.3) is 0 Å². The number of allylic oxidation sites excluding steroid dienone is 4. The maximum absolute atomic E-state index is 12.7. The molecule has 0 N–H and O–H groups in total. The van der Waals surface area contributed by atoms with E-state index in [1.54, 1.807) is 0 Å². The molecule has 318 valence electrons. The average Bonchev–Trinajstić information content (AvgIpc) is 3.12. The Hall–Kier alpha value is -1.51. The molecule has 0 amide bonds. The van der Waals surface area contributed by atoms with E-state index < -0.39 is 32.5 Å². The van der Waals surface area contributed by atoms with Crippen LogP contribution >= 0.6 is 7.82 Å². The van der Waals surface area contributed by atoms with E-state index >= 15 is 0 Å². The van der Waals surface area contributed by atoms with Gasteiger partial charge < -0.3 is 27.9 Å². The standard InChI is InChI=1S/C44H84NO8P/c1-6-8-10-12-14-16-18-20-22-24-26-28-30-32-34-36-43(46)50-40-42(41-52-54(48,49)51-39-38-45(3,4)5)53-44(47)37-35-33-31-29-27-25-23-21-19-17-15-13-11-9-7-2/h20,22,25,27,42H,6-19,21,23-24,26,28-41H2,1-5H3/b22-20+,27-25+/t42-/m1/s1. The van der Waals surface area contributed by atoms with Crippen molar-refractivity contribution in [2.45, 2.75) is 200 Å². The van der Waals surface area contributed by atoms with Gasteiger partial charge in [-0.2, -0.15) is 0 Å². The molecule has 0 aliphatic rings. The maximum Gasteiger partial charge on any atom is 0.306 e. The minimum Gasteiger partial charge on any atom is -0.756 e. The summed E-state index contributed by atoms with van der Waals surface area (Å²) in [5.41, 5.74) is 0. The van der Waals surface area contributed by atoms with Crippen LogP contribution in [0, 0.1) is 0 Å². The first-order valence-electron chi connectivity index (χ1n) is 22.0. The molecule has 2 atom stereocenters. The molecule has 0 fully saturated rings. The van der Waals surface area contributed by atoms with Crippen molar-refractivity contribution in [3.05, 3.63) is 24.3 Å². The van der Waals surface area contributed by atoms with Gasteiger partial charge in [-0.05, 0) is 64.2 Å². The van der Waals surface area contributed by atoms with Crippen LogP contribution in [0.15, 0.2) is 24.3 Å². The van der Waals surface area contributed by atoms with Gasteiger partial charge in [0.1, 0.15) is 19.8 Å². The average molecular weight is 786 g/mol. The summed E-state index contributed by atoms with van der Waals surface area (Å²) < 4.78 is 33.9. The molecule has 0 bridgehead atoms. The predicted molar refractivity (Wildman–Crippen MR) is 222 cm³/mol. The van der Waals surface area contributed by atoms with Gasteiger partial charge in [0.2, 0.25) is 0 Å². The van der Waals surface area contributed by atoms with Gasteiger partial charge in [0.05, 0.1) is 27.7 Å². The number of rotatable bonds is 40. The third-order valence-electron chi connectivity index (χ3n) is 9.44. The molecule has 0 aromatic rings. The molecular formula is C44H84NO8P. The summed E-state index contributed by atoms with van der Waals surface area (Å²) >= 11 is 0. The van der Waals surface area contributed by atoms with Crippen LogP contribution < -0.4 is 4.89 Å². The quantitative estimate of drug-likeness (QED) is 0.0198. The number of hydrogen-bond acceptors (Lipinski definition) is 8. The Kier molecular flexibility index (Phi) is 36.1. The molecule has 0 saturated heterocycles. The zero-order valence-corrected chi connectivity index (χ0v) is 36.6. The molecule has 9 nitrogen and oxygen atoms in total. The topological polar surface area (TPSA) is 111 Å². The Morgan fingerprint density at radius 1 is 0.556 bits per heavy atom. The Morgan fingerprint density at radius 3 is 1.39 bits per heavy atom. The van der Waals surface area contributed by atoms with Crippen LogP contribution in [-0.2, 0) is 32.7 Å². The normalized spacial score (nSPS) is 13.8. The Bertz CT molecular complexity index is 980. The molecule has 1 unspecified atom stereocenters. The predicted octanol–water partition coefficient (Wildman–Crippen LogP) is 11.7. The molecule has 0 aromatic carbocycles. The molecule has 0 radical (unpaired) electrons. The van der Waals surface area contributed by atoms with Crippen molar-refractivity contribution in [3.8, 4) is 0 Å². The van der Waals surface area contributed by atoms with Crippen molar-refractivity contribution < 1.29 is 42.1 Å². The number of ether oxygens (including phenoxy) is 2. The van der Waals surface area contributed by atoms with Crippen molar-refractivity contribution in [1.82, 2.24) is 0 Å². The maximum atomic E-state index is 12.7. The molecule has 0 spiro atoms. The summed E-state index contributed by atoms with van der Waals surface area (Å²) in [6.07, 6.45) is 39.1.